The molecule has 0 aromatic carbocycles. The Bertz CT molecular complexity index is 772. The minimum Gasteiger partial charge on any atom is -0.481 e. The zero-order valence-electron chi connectivity index (χ0n) is 15.8. The lowest BCUT2D eigenvalue weighted by Crippen LogP contribution is -2.58. The molecule has 1 saturated carbocycles. The van der Waals surface area contributed by atoms with Crippen molar-refractivity contribution in [2.75, 3.05) is 27.3 Å². The molecule has 2 fully saturated rings. The molecule has 0 spiro atoms. The van der Waals surface area contributed by atoms with Crippen molar-refractivity contribution in [2.45, 2.75) is 31.4 Å². The van der Waals surface area contributed by atoms with Crippen LogP contribution in [0.3, 0.4) is 0 Å². The normalized spacial score (nSPS) is 28.0. The summed E-state index contributed by atoms with van der Waals surface area (Å²) in [6.45, 7) is 2.55. The topological polar surface area (TPSA) is 80.6 Å². The van der Waals surface area contributed by atoms with Gasteiger partial charge in [-0.25, -0.2) is 4.98 Å². The molecule has 7 heteroatoms. The second-order valence-corrected chi connectivity index (χ2v) is 7.48. The molecule has 2 atom stereocenters. The number of hydrogen-bond acceptors (Lipinski definition) is 7. The lowest BCUT2D eigenvalue weighted by molar-refractivity contribution is -0.149. The van der Waals surface area contributed by atoms with Gasteiger partial charge in [-0.2, -0.15) is 4.98 Å². The highest BCUT2D eigenvalue weighted by Gasteiger charge is 2.53. The van der Waals surface area contributed by atoms with Gasteiger partial charge < -0.3 is 14.6 Å². The number of piperidine rings is 1. The van der Waals surface area contributed by atoms with Crippen LogP contribution < -0.4 is 9.47 Å². The number of aromatic nitrogens is 3. The molecule has 7 nitrogen and oxygen atoms in total. The van der Waals surface area contributed by atoms with E-state index < -0.39 is 5.60 Å². The van der Waals surface area contributed by atoms with Crippen LogP contribution in [0, 0.1) is 11.8 Å². The number of nitrogens with zero attached hydrogens (tertiary/aromatic N) is 4. The van der Waals surface area contributed by atoms with E-state index in [2.05, 4.69) is 32.0 Å². The fourth-order valence-corrected chi connectivity index (χ4v) is 4.74. The van der Waals surface area contributed by atoms with E-state index in [4.69, 9.17) is 9.47 Å². The summed E-state index contributed by atoms with van der Waals surface area (Å²) in [6.07, 6.45) is 8.44. The van der Waals surface area contributed by atoms with Crippen LogP contribution in [-0.4, -0.2) is 52.3 Å². The highest BCUT2D eigenvalue weighted by Crippen LogP contribution is 2.51. The Morgan fingerprint density at radius 1 is 1.15 bits per heavy atom. The van der Waals surface area contributed by atoms with E-state index in [1.807, 2.05) is 12.4 Å². The number of methoxy groups -OCH3 is 2. The fourth-order valence-electron chi connectivity index (χ4n) is 4.74. The predicted octanol–water partition coefficient (Wildman–Crippen LogP) is 2.01. The molecule has 2 bridgehead atoms. The summed E-state index contributed by atoms with van der Waals surface area (Å²) in [5.74, 6) is 0.652. The zero-order valence-corrected chi connectivity index (χ0v) is 15.8. The average molecular weight is 370 g/mol. The van der Waals surface area contributed by atoms with E-state index in [-0.39, 0.29) is 17.8 Å². The molecular formula is C20H26N4O3. The van der Waals surface area contributed by atoms with E-state index in [0.29, 0.717) is 11.4 Å². The molecule has 0 amide bonds. The highest BCUT2D eigenvalue weighted by molar-refractivity contribution is 5.34. The van der Waals surface area contributed by atoms with Crippen LogP contribution in [0.1, 0.15) is 30.4 Å². The molecule has 3 heterocycles. The second kappa shape index (κ2) is 7.40. The van der Waals surface area contributed by atoms with Gasteiger partial charge >= 0.3 is 6.01 Å². The first kappa shape index (κ1) is 18.1. The van der Waals surface area contributed by atoms with Crippen molar-refractivity contribution in [1.82, 2.24) is 19.9 Å². The third-order valence-corrected chi connectivity index (χ3v) is 6.00. The van der Waals surface area contributed by atoms with Crippen LogP contribution in [-0.2, 0) is 12.1 Å². The average Bonchev–Trinajstić information content (AvgIpc) is 2.69. The second-order valence-electron chi connectivity index (χ2n) is 7.48. The maximum Gasteiger partial charge on any atom is 0.319 e. The molecule has 1 aliphatic carbocycles. The van der Waals surface area contributed by atoms with Gasteiger partial charge in [-0.1, -0.05) is 6.42 Å². The molecule has 27 heavy (non-hydrogen) atoms. The summed E-state index contributed by atoms with van der Waals surface area (Å²) in [6, 6.07) is 4.35. The van der Waals surface area contributed by atoms with Gasteiger partial charge in [-0.15, -0.1) is 0 Å². The largest absolute Gasteiger partial charge is 0.481 e. The number of fused-ring (bicyclic) bond motifs is 2. The fraction of sp³-hybridized carbons (Fsp3) is 0.550. The molecule has 2 aromatic rings. The van der Waals surface area contributed by atoms with Gasteiger partial charge in [0, 0.05) is 50.1 Å². The Kier molecular flexibility index (Phi) is 4.97. The van der Waals surface area contributed by atoms with Crippen LogP contribution in [0.25, 0.3) is 0 Å². The summed E-state index contributed by atoms with van der Waals surface area (Å²) < 4.78 is 10.6. The standard InChI is InChI=1S/C20H26N4O3/c1-26-18-17(10-22-19(23-18)27-2)20(25)15-4-3-5-16(20)13-24(12-15)11-14-6-8-21-9-7-14/h6-10,15-16,25H,3-5,11-13H2,1-2H3/t15-,16-/m0/s1. The first-order valence-electron chi connectivity index (χ1n) is 9.44. The van der Waals surface area contributed by atoms with Crippen LogP contribution >= 0.6 is 0 Å². The van der Waals surface area contributed by atoms with Crippen LogP contribution in [0.15, 0.2) is 30.7 Å². The quantitative estimate of drug-likeness (QED) is 0.862. The lowest BCUT2D eigenvalue weighted by atomic mass is 9.63. The third-order valence-electron chi connectivity index (χ3n) is 6.00. The van der Waals surface area contributed by atoms with Gasteiger partial charge in [0.25, 0.3) is 0 Å². The maximum atomic E-state index is 11.8. The Balaban J connectivity index is 1.62. The summed E-state index contributed by atoms with van der Waals surface area (Å²) in [5.41, 5.74) is 0.966. The summed E-state index contributed by atoms with van der Waals surface area (Å²) >= 11 is 0. The summed E-state index contributed by atoms with van der Waals surface area (Å²) in [5, 5.41) is 11.8. The first-order chi connectivity index (χ1) is 13.1. The van der Waals surface area contributed by atoms with Crippen LogP contribution in [0.2, 0.25) is 0 Å². The molecule has 2 aliphatic rings. The van der Waals surface area contributed by atoms with Crippen molar-refractivity contribution < 1.29 is 14.6 Å². The Morgan fingerprint density at radius 3 is 2.48 bits per heavy atom. The first-order valence-corrected chi connectivity index (χ1v) is 9.44. The number of ether oxygens (including phenoxy) is 2. The van der Waals surface area contributed by atoms with E-state index in [1.165, 1.54) is 12.7 Å². The van der Waals surface area contributed by atoms with E-state index >= 15 is 0 Å². The molecule has 1 saturated heterocycles. The van der Waals surface area contributed by atoms with Crippen molar-refractivity contribution >= 4 is 0 Å². The maximum absolute atomic E-state index is 11.8. The molecule has 0 unspecified atom stereocenters. The van der Waals surface area contributed by atoms with Crippen molar-refractivity contribution in [3.05, 3.63) is 41.9 Å². The number of hydrogen-bond donors (Lipinski definition) is 1. The number of rotatable bonds is 5. The monoisotopic (exact) mass is 370 g/mol. The van der Waals surface area contributed by atoms with E-state index in [1.54, 1.807) is 13.3 Å². The van der Waals surface area contributed by atoms with Gasteiger partial charge in [0.05, 0.1) is 19.8 Å². The van der Waals surface area contributed by atoms with Crippen LogP contribution in [0.5, 0.6) is 11.9 Å². The molecule has 144 valence electrons. The Hall–Kier alpha value is -2.25. The van der Waals surface area contributed by atoms with Crippen molar-refractivity contribution in [3.8, 4) is 11.9 Å². The predicted molar refractivity (Wildman–Crippen MR) is 99.4 cm³/mol. The van der Waals surface area contributed by atoms with Gasteiger partial charge in [0.1, 0.15) is 5.60 Å². The summed E-state index contributed by atoms with van der Waals surface area (Å²) in [7, 11) is 3.10. The molecule has 1 aliphatic heterocycles. The SMILES string of the molecule is COc1ncc(C2(O)[C@H]3CCC[C@H]2CN(Cc2ccncc2)C3)c(OC)n1. The smallest absolute Gasteiger partial charge is 0.319 e. The Labute approximate surface area is 159 Å². The zero-order chi connectivity index (χ0) is 18.9. The van der Waals surface area contributed by atoms with Gasteiger partial charge in [-0.05, 0) is 30.5 Å². The molecule has 0 radical (unpaired) electrons. The Morgan fingerprint density at radius 2 is 1.85 bits per heavy atom. The number of pyridine rings is 1. The lowest BCUT2D eigenvalue weighted by Gasteiger charge is -2.53. The van der Waals surface area contributed by atoms with Crippen molar-refractivity contribution in [2.24, 2.45) is 11.8 Å². The number of aliphatic hydroxyl groups is 1. The van der Waals surface area contributed by atoms with E-state index in [9.17, 15) is 5.11 Å². The van der Waals surface area contributed by atoms with Crippen molar-refractivity contribution in [1.29, 1.82) is 0 Å². The molecule has 4 rings (SSSR count). The van der Waals surface area contributed by atoms with Gasteiger partial charge in [0.2, 0.25) is 5.88 Å². The van der Waals surface area contributed by atoms with Crippen LogP contribution in [0.4, 0.5) is 0 Å². The minimum absolute atomic E-state index is 0.123. The highest BCUT2D eigenvalue weighted by atomic mass is 16.5. The van der Waals surface area contributed by atoms with E-state index in [0.717, 1.165) is 38.9 Å². The third kappa shape index (κ3) is 3.26. The molecule has 2 aromatic heterocycles. The van der Waals surface area contributed by atoms with Crippen molar-refractivity contribution in [3.63, 3.8) is 0 Å². The number of likely N-dealkylation sites (tertiary alicyclic amines) is 1. The molecule has 1 N–H and O–H groups in total. The van der Waals surface area contributed by atoms with Gasteiger partial charge in [-0.3, -0.25) is 9.88 Å². The summed E-state index contributed by atoms with van der Waals surface area (Å²) in [4.78, 5) is 15.1. The minimum atomic E-state index is -0.968. The van der Waals surface area contributed by atoms with Gasteiger partial charge in [0.15, 0.2) is 0 Å². The molecular weight excluding hydrogens is 344 g/mol.